The minimum absolute atomic E-state index is 0.428. The molecule has 90 valence electrons. The van der Waals surface area contributed by atoms with Crippen molar-refractivity contribution in [3.8, 4) is 0 Å². The summed E-state index contributed by atoms with van der Waals surface area (Å²) in [5.74, 6) is -1.85. The summed E-state index contributed by atoms with van der Waals surface area (Å²) < 4.78 is 0. The molecule has 4 nitrogen and oxygen atoms in total. The fourth-order valence-electron chi connectivity index (χ4n) is 1.18. The van der Waals surface area contributed by atoms with Crippen molar-refractivity contribution in [3.05, 3.63) is 47.0 Å². The highest BCUT2D eigenvalue weighted by molar-refractivity contribution is 6.30. The van der Waals surface area contributed by atoms with E-state index in [9.17, 15) is 14.7 Å². The molecule has 0 spiro atoms. The molecule has 0 saturated carbocycles. The van der Waals surface area contributed by atoms with E-state index in [0.717, 1.165) is 11.6 Å². The molecule has 0 heterocycles. The number of carboxylic acid groups (broad SMARTS) is 1. The van der Waals surface area contributed by atoms with Crippen molar-refractivity contribution in [2.45, 2.75) is 6.42 Å². The zero-order valence-corrected chi connectivity index (χ0v) is 9.74. The van der Waals surface area contributed by atoms with Gasteiger partial charge in [0, 0.05) is 17.6 Å². The molecule has 1 amide bonds. The summed E-state index contributed by atoms with van der Waals surface area (Å²) in [5.41, 5.74) is 1.04. The third kappa shape index (κ3) is 5.73. The van der Waals surface area contributed by atoms with Crippen molar-refractivity contribution in [1.82, 2.24) is 5.32 Å². The Morgan fingerprint density at radius 3 is 2.47 bits per heavy atom. The molecular weight excluding hydrogens is 242 g/mol. The molecule has 1 aromatic rings. The molecule has 1 rings (SSSR count). The number of amides is 1. The van der Waals surface area contributed by atoms with Gasteiger partial charge >= 0.3 is 0 Å². The lowest BCUT2D eigenvalue weighted by Gasteiger charge is -2.03. The number of halogens is 1. The average molecular weight is 253 g/mol. The van der Waals surface area contributed by atoms with Crippen LogP contribution in [-0.4, -0.2) is 18.4 Å². The number of rotatable bonds is 5. The lowest BCUT2D eigenvalue weighted by atomic mass is 10.1. The van der Waals surface area contributed by atoms with Crippen LogP contribution >= 0.6 is 11.6 Å². The van der Waals surface area contributed by atoms with Crippen molar-refractivity contribution in [3.63, 3.8) is 0 Å². The first-order valence-corrected chi connectivity index (χ1v) is 5.37. The first kappa shape index (κ1) is 13.3. The van der Waals surface area contributed by atoms with Gasteiger partial charge in [-0.25, -0.2) is 0 Å². The fourth-order valence-corrected chi connectivity index (χ4v) is 1.31. The number of hydrogen-bond acceptors (Lipinski definition) is 3. The van der Waals surface area contributed by atoms with Crippen LogP contribution in [0.15, 0.2) is 36.4 Å². The van der Waals surface area contributed by atoms with Crippen LogP contribution in [0.3, 0.4) is 0 Å². The van der Waals surface area contributed by atoms with Gasteiger partial charge in [-0.2, -0.15) is 0 Å². The van der Waals surface area contributed by atoms with Crippen LogP contribution < -0.4 is 10.4 Å². The third-order valence-electron chi connectivity index (χ3n) is 2.00. The number of nitrogens with one attached hydrogen (secondary N) is 1. The number of carbonyl (C=O) groups is 2. The Morgan fingerprint density at radius 1 is 1.24 bits per heavy atom. The van der Waals surface area contributed by atoms with Crippen LogP contribution in [-0.2, 0) is 16.0 Å². The van der Waals surface area contributed by atoms with Gasteiger partial charge in [-0.3, -0.25) is 4.79 Å². The van der Waals surface area contributed by atoms with Gasteiger partial charge in [0.15, 0.2) is 0 Å². The Hall–Kier alpha value is -1.81. The van der Waals surface area contributed by atoms with E-state index in [4.69, 9.17) is 11.6 Å². The van der Waals surface area contributed by atoms with Gasteiger partial charge in [0.1, 0.15) is 0 Å². The van der Waals surface area contributed by atoms with Crippen LogP contribution in [0.5, 0.6) is 0 Å². The van der Waals surface area contributed by atoms with Crippen LogP contribution in [0.1, 0.15) is 5.56 Å². The SMILES string of the molecule is O=C([O-])C=CC(=O)NCCc1ccc(Cl)cc1. The summed E-state index contributed by atoms with van der Waals surface area (Å²) in [7, 11) is 0. The highest BCUT2D eigenvalue weighted by atomic mass is 35.5. The van der Waals surface area contributed by atoms with E-state index in [1.165, 1.54) is 0 Å². The zero-order valence-electron chi connectivity index (χ0n) is 8.98. The molecule has 0 aromatic heterocycles. The van der Waals surface area contributed by atoms with E-state index in [1.54, 1.807) is 12.1 Å². The predicted molar refractivity (Wildman–Crippen MR) is 62.3 cm³/mol. The van der Waals surface area contributed by atoms with E-state index in [2.05, 4.69) is 5.32 Å². The Bertz CT molecular complexity index is 426. The molecule has 0 fully saturated rings. The van der Waals surface area contributed by atoms with E-state index >= 15 is 0 Å². The highest BCUT2D eigenvalue weighted by Gasteiger charge is 1.96. The molecule has 0 aliphatic heterocycles. The van der Waals surface area contributed by atoms with E-state index < -0.39 is 11.9 Å². The molecular formula is C12H11ClNO3-. The summed E-state index contributed by atoms with van der Waals surface area (Å²) in [4.78, 5) is 21.1. The standard InChI is InChI=1S/C12H12ClNO3/c13-10-3-1-9(2-4-10)7-8-14-11(15)5-6-12(16)17/h1-6H,7-8H2,(H,14,15)(H,16,17)/p-1. The third-order valence-corrected chi connectivity index (χ3v) is 2.25. The largest absolute Gasteiger partial charge is 0.545 e. The molecule has 1 aromatic carbocycles. The highest BCUT2D eigenvalue weighted by Crippen LogP contribution is 2.09. The first-order chi connectivity index (χ1) is 8.08. The second-order valence-electron chi connectivity index (χ2n) is 3.32. The summed E-state index contributed by atoms with van der Waals surface area (Å²) in [6.07, 6.45) is 2.27. The summed E-state index contributed by atoms with van der Waals surface area (Å²) in [5, 5.41) is 13.3. The van der Waals surface area contributed by atoms with Gasteiger partial charge in [-0.05, 0) is 30.2 Å². The monoisotopic (exact) mass is 252 g/mol. The molecule has 0 saturated heterocycles. The maximum Gasteiger partial charge on any atom is 0.244 e. The van der Waals surface area contributed by atoms with E-state index in [0.29, 0.717) is 24.1 Å². The Kier molecular flexibility index (Phi) is 5.23. The molecule has 0 aliphatic rings. The maximum absolute atomic E-state index is 11.1. The fraction of sp³-hybridized carbons (Fsp3) is 0.167. The molecule has 0 atom stereocenters. The molecule has 5 heteroatoms. The summed E-state index contributed by atoms with van der Waals surface area (Å²) in [6, 6.07) is 7.28. The Balaban J connectivity index is 2.30. The van der Waals surface area contributed by atoms with E-state index in [1.807, 2.05) is 12.1 Å². The minimum Gasteiger partial charge on any atom is -0.545 e. The van der Waals surface area contributed by atoms with Crippen LogP contribution in [0.25, 0.3) is 0 Å². The molecule has 17 heavy (non-hydrogen) atoms. The van der Waals surface area contributed by atoms with Crippen molar-refractivity contribution in [2.24, 2.45) is 0 Å². The van der Waals surface area contributed by atoms with Crippen LogP contribution in [0.2, 0.25) is 5.02 Å². The smallest absolute Gasteiger partial charge is 0.244 e. The van der Waals surface area contributed by atoms with Crippen molar-refractivity contribution in [2.75, 3.05) is 6.54 Å². The summed E-state index contributed by atoms with van der Waals surface area (Å²) in [6.45, 7) is 0.428. The Morgan fingerprint density at radius 2 is 1.88 bits per heavy atom. The minimum atomic E-state index is -1.39. The maximum atomic E-state index is 11.1. The lowest BCUT2D eigenvalue weighted by molar-refractivity contribution is -0.297. The van der Waals surface area contributed by atoms with Gasteiger partial charge in [0.05, 0.1) is 5.97 Å². The molecule has 0 bridgehead atoms. The Labute approximate surface area is 104 Å². The number of carboxylic acids is 1. The number of benzene rings is 1. The quantitative estimate of drug-likeness (QED) is 0.767. The molecule has 0 aliphatic carbocycles. The van der Waals surface area contributed by atoms with Crippen LogP contribution in [0.4, 0.5) is 0 Å². The number of hydrogen-bond donors (Lipinski definition) is 1. The normalized spacial score (nSPS) is 10.4. The average Bonchev–Trinajstić information content (AvgIpc) is 2.29. The summed E-state index contributed by atoms with van der Waals surface area (Å²) >= 11 is 5.73. The number of aliphatic carboxylic acids is 1. The molecule has 0 radical (unpaired) electrons. The lowest BCUT2D eigenvalue weighted by Crippen LogP contribution is -2.25. The molecule has 1 N–H and O–H groups in total. The van der Waals surface area contributed by atoms with E-state index in [-0.39, 0.29) is 0 Å². The second-order valence-corrected chi connectivity index (χ2v) is 3.76. The van der Waals surface area contributed by atoms with Crippen LogP contribution in [0, 0.1) is 0 Å². The van der Waals surface area contributed by atoms with Gasteiger partial charge in [-0.1, -0.05) is 23.7 Å². The molecule has 0 unspecified atom stereocenters. The topological polar surface area (TPSA) is 69.2 Å². The van der Waals surface area contributed by atoms with Gasteiger partial charge in [-0.15, -0.1) is 0 Å². The van der Waals surface area contributed by atoms with Gasteiger partial charge < -0.3 is 15.2 Å². The second kappa shape index (κ2) is 6.70. The first-order valence-electron chi connectivity index (χ1n) is 4.99. The van der Waals surface area contributed by atoms with Crippen molar-refractivity contribution >= 4 is 23.5 Å². The van der Waals surface area contributed by atoms with Gasteiger partial charge in [0.25, 0.3) is 0 Å². The van der Waals surface area contributed by atoms with Gasteiger partial charge in [0.2, 0.25) is 5.91 Å². The zero-order chi connectivity index (χ0) is 12.7. The van der Waals surface area contributed by atoms with Crippen molar-refractivity contribution in [1.29, 1.82) is 0 Å². The predicted octanol–water partition coefficient (Wildman–Crippen LogP) is 0.305. The van der Waals surface area contributed by atoms with Crippen molar-refractivity contribution < 1.29 is 14.7 Å². The number of carbonyl (C=O) groups excluding carboxylic acids is 2.